The fourth-order valence-electron chi connectivity index (χ4n) is 4.91. The number of nitrogens with zero attached hydrogens (tertiary/aromatic N) is 3. The maximum atomic E-state index is 13.4. The van der Waals surface area contributed by atoms with Crippen molar-refractivity contribution in [2.24, 2.45) is 0 Å². The summed E-state index contributed by atoms with van der Waals surface area (Å²) in [4.78, 5) is 44.1. The molecule has 0 aliphatic carbocycles. The van der Waals surface area contributed by atoms with Crippen LogP contribution < -0.4 is 10.7 Å². The Balaban J connectivity index is 1.39. The van der Waals surface area contributed by atoms with E-state index in [4.69, 9.17) is 0 Å². The van der Waals surface area contributed by atoms with Gasteiger partial charge in [0.05, 0.1) is 6.54 Å². The van der Waals surface area contributed by atoms with Gasteiger partial charge in [-0.25, -0.2) is 4.39 Å². The summed E-state index contributed by atoms with van der Waals surface area (Å²) in [5.41, 5.74) is 0.548. The van der Waals surface area contributed by atoms with Crippen molar-refractivity contribution < 1.29 is 19.1 Å². The lowest BCUT2D eigenvalue weighted by molar-refractivity contribution is -0.0140. The number of fused-ring (bicyclic) bond motifs is 2. The Bertz CT molecular complexity index is 1390. The minimum Gasteiger partial charge on any atom is -0.503 e. The van der Waals surface area contributed by atoms with E-state index in [1.165, 1.54) is 39.9 Å². The molecule has 37 heavy (non-hydrogen) atoms. The summed E-state index contributed by atoms with van der Waals surface area (Å²) in [5, 5.41) is 13.3. The number of halogens is 1. The van der Waals surface area contributed by atoms with Crippen molar-refractivity contribution in [2.45, 2.75) is 37.1 Å². The molecule has 2 aliphatic rings. The first-order valence-corrected chi connectivity index (χ1v) is 13.2. The molecular formula is C27H27FN4O4S. The van der Waals surface area contributed by atoms with E-state index in [1.54, 1.807) is 16.7 Å². The van der Waals surface area contributed by atoms with Crippen LogP contribution in [0.15, 0.2) is 64.4 Å². The normalized spacial score (nSPS) is 17.3. The number of carbonyl (C=O) groups excluding carboxylic acids is 2. The molecule has 0 spiro atoms. The summed E-state index contributed by atoms with van der Waals surface area (Å²) in [6, 6.07) is 13.9. The summed E-state index contributed by atoms with van der Waals surface area (Å²) < 4.78 is 14.7. The van der Waals surface area contributed by atoms with E-state index in [-0.39, 0.29) is 29.8 Å². The zero-order valence-electron chi connectivity index (χ0n) is 20.3. The van der Waals surface area contributed by atoms with Gasteiger partial charge in [0.15, 0.2) is 11.4 Å². The van der Waals surface area contributed by atoms with Crippen molar-refractivity contribution in [3.63, 3.8) is 0 Å². The van der Waals surface area contributed by atoms with Crippen LogP contribution >= 0.6 is 11.8 Å². The minimum absolute atomic E-state index is 0.0828. The van der Waals surface area contributed by atoms with Crippen molar-refractivity contribution in [1.29, 1.82) is 0 Å². The Labute approximate surface area is 217 Å². The number of thioether (sulfide) groups is 1. The van der Waals surface area contributed by atoms with Crippen LogP contribution in [0.4, 0.5) is 4.39 Å². The van der Waals surface area contributed by atoms with Crippen molar-refractivity contribution >= 4 is 23.6 Å². The molecule has 1 atom stereocenters. The molecule has 2 aromatic carbocycles. The molecule has 0 saturated carbocycles. The molecule has 5 rings (SSSR count). The molecule has 10 heteroatoms. The fraction of sp³-hybridized carbons (Fsp3) is 0.296. The molecule has 1 aromatic heterocycles. The number of amides is 2. The minimum atomic E-state index is -0.891. The van der Waals surface area contributed by atoms with Crippen molar-refractivity contribution in [1.82, 2.24) is 19.7 Å². The average Bonchev–Trinajstić information content (AvgIpc) is 2.91. The average molecular weight is 523 g/mol. The van der Waals surface area contributed by atoms with Crippen molar-refractivity contribution in [3.8, 4) is 5.75 Å². The first-order valence-electron chi connectivity index (χ1n) is 12.0. The van der Waals surface area contributed by atoms with Gasteiger partial charge in [0.1, 0.15) is 17.5 Å². The van der Waals surface area contributed by atoms with Crippen LogP contribution in [0.3, 0.4) is 0 Å². The molecule has 2 aliphatic heterocycles. The summed E-state index contributed by atoms with van der Waals surface area (Å²) in [7, 11) is 0. The van der Waals surface area contributed by atoms with Gasteiger partial charge >= 0.3 is 0 Å². The molecule has 192 valence electrons. The number of hydrogen-bond acceptors (Lipinski definition) is 6. The molecule has 3 heterocycles. The van der Waals surface area contributed by atoms with Crippen LogP contribution in [0.2, 0.25) is 0 Å². The zero-order chi connectivity index (χ0) is 26.1. The van der Waals surface area contributed by atoms with E-state index in [1.807, 2.05) is 6.26 Å². The third-order valence-corrected chi connectivity index (χ3v) is 7.60. The largest absolute Gasteiger partial charge is 0.503 e. The second-order valence-corrected chi connectivity index (χ2v) is 10.1. The van der Waals surface area contributed by atoms with Gasteiger partial charge in [0, 0.05) is 37.3 Å². The predicted octanol–water partition coefficient (Wildman–Crippen LogP) is 3.03. The van der Waals surface area contributed by atoms with Crippen LogP contribution in [0.1, 0.15) is 38.4 Å². The SMILES string of the molecule is CSc1ccc(CN2CCCN3C(=O)c4c(O)c(=O)c(C(=O)NCc5ccc(F)cc5)cn4CC23)cc1. The molecule has 1 unspecified atom stereocenters. The predicted molar refractivity (Wildman–Crippen MR) is 138 cm³/mol. The summed E-state index contributed by atoms with van der Waals surface area (Å²) in [6.07, 6.45) is 3.89. The second kappa shape index (κ2) is 10.4. The molecule has 8 nitrogen and oxygen atoms in total. The second-order valence-electron chi connectivity index (χ2n) is 9.18. The van der Waals surface area contributed by atoms with E-state index >= 15 is 0 Å². The summed E-state index contributed by atoms with van der Waals surface area (Å²) in [6.45, 7) is 2.37. The quantitative estimate of drug-likeness (QED) is 0.484. The summed E-state index contributed by atoms with van der Waals surface area (Å²) >= 11 is 1.68. The number of hydrogen-bond donors (Lipinski definition) is 2. The topological polar surface area (TPSA) is 94.9 Å². The third-order valence-electron chi connectivity index (χ3n) is 6.86. The van der Waals surface area contributed by atoms with Gasteiger partial charge in [-0.1, -0.05) is 24.3 Å². The highest BCUT2D eigenvalue weighted by Gasteiger charge is 2.40. The van der Waals surface area contributed by atoms with E-state index in [2.05, 4.69) is 34.5 Å². The van der Waals surface area contributed by atoms with Crippen molar-refractivity contribution in [3.05, 3.63) is 93.2 Å². The molecular weight excluding hydrogens is 495 g/mol. The van der Waals surface area contributed by atoms with Gasteiger partial charge in [-0.15, -0.1) is 11.8 Å². The lowest BCUT2D eigenvalue weighted by Gasteiger charge is -2.47. The fourth-order valence-corrected chi connectivity index (χ4v) is 5.32. The lowest BCUT2D eigenvalue weighted by Crippen LogP contribution is -2.60. The van der Waals surface area contributed by atoms with Gasteiger partial charge in [0.25, 0.3) is 11.8 Å². The summed E-state index contributed by atoms with van der Waals surface area (Å²) in [5.74, 6) is -2.21. The van der Waals surface area contributed by atoms with E-state index < -0.39 is 23.0 Å². The van der Waals surface area contributed by atoms with Crippen LogP contribution in [-0.2, 0) is 19.6 Å². The molecule has 3 aromatic rings. The zero-order valence-corrected chi connectivity index (χ0v) is 21.1. The smallest absolute Gasteiger partial charge is 0.275 e. The highest BCUT2D eigenvalue weighted by molar-refractivity contribution is 7.98. The van der Waals surface area contributed by atoms with E-state index in [0.29, 0.717) is 25.2 Å². The maximum absolute atomic E-state index is 13.4. The van der Waals surface area contributed by atoms with Gasteiger partial charge in [-0.2, -0.15) is 0 Å². The van der Waals surface area contributed by atoms with E-state index in [0.717, 1.165) is 18.5 Å². The molecule has 2 amide bonds. The number of carbonyl (C=O) groups is 2. The molecule has 0 radical (unpaired) electrons. The molecule has 1 fully saturated rings. The van der Waals surface area contributed by atoms with Crippen LogP contribution in [0.5, 0.6) is 5.75 Å². The Hall–Kier alpha value is -3.63. The van der Waals surface area contributed by atoms with Crippen molar-refractivity contribution in [2.75, 3.05) is 19.3 Å². The molecule has 2 N–H and O–H groups in total. The van der Waals surface area contributed by atoms with Crippen LogP contribution in [-0.4, -0.2) is 56.8 Å². The Kier molecular flexibility index (Phi) is 7.03. The van der Waals surface area contributed by atoms with Crippen LogP contribution in [0.25, 0.3) is 0 Å². The standard InChI is InChI=1S/C27H27FN4O4S/c1-37-20-9-5-18(6-10-20)14-30-11-2-12-32-22(30)16-31-15-21(24(33)25(34)23(31)27(32)36)26(35)29-13-17-3-7-19(28)8-4-17/h3-10,15,22,34H,2,11-14,16H2,1H3,(H,29,35). The number of aromatic nitrogens is 1. The van der Waals surface area contributed by atoms with Gasteiger partial charge in [-0.05, 0) is 48.1 Å². The van der Waals surface area contributed by atoms with Gasteiger partial charge in [0.2, 0.25) is 5.43 Å². The van der Waals surface area contributed by atoms with Gasteiger partial charge < -0.3 is 19.9 Å². The first-order chi connectivity index (χ1) is 17.9. The number of benzene rings is 2. The number of rotatable bonds is 6. The Morgan fingerprint density at radius 2 is 1.78 bits per heavy atom. The first kappa shape index (κ1) is 25.0. The van der Waals surface area contributed by atoms with E-state index in [9.17, 15) is 23.9 Å². The Morgan fingerprint density at radius 1 is 1.08 bits per heavy atom. The van der Waals surface area contributed by atoms with Gasteiger partial charge in [-0.3, -0.25) is 19.3 Å². The molecule has 0 bridgehead atoms. The highest BCUT2D eigenvalue weighted by Crippen LogP contribution is 2.29. The third kappa shape index (κ3) is 4.99. The number of aromatic hydroxyl groups is 1. The lowest BCUT2D eigenvalue weighted by atomic mass is 10.1. The monoisotopic (exact) mass is 522 g/mol. The maximum Gasteiger partial charge on any atom is 0.275 e. The Morgan fingerprint density at radius 3 is 2.49 bits per heavy atom. The number of pyridine rings is 1. The molecule has 1 saturated heterocycles. The van der Waals surface area contributed by atoms with Crippen LogP contribution in [0, 0.1) is 5.82 Å². The highest BCUT2D eigenvalue weighted by atomic mass is 32.2. The number of nitrogens with one attached hydrogen (secondary N) is 1.